The van der Waals surface area contributed by atoms with Crippen LogP contribution in [0.25, 0.3) is 0 Å². The van der Waals surface area contributed by atoms with Gasteiger partial charge in [-0.1, -0.05) is 19.9 Å². The largest absolute Gasteiger partial charge is 0.454 e. The molecule has 0 unspecified atom stereocenters. The van der Waals surface area contributed by atoms with Crippen LogP contribution in [0.3, 0.4) is 0 Å². The molecule has 0 radical (unpaired) electrons. The summed E-state index contributed by atoms with van der Waals surface area (Å²) in [6.07, 6.45) is 2.16. The molecule has 0 aromatic heterocycles. The average Bonchev–Trinajstić information content (AvgIpc) is 3.09. The van der Waals surface area contributed by atoms with Gasteiger partial charge >= 0.3 is 0 Å². The molecule has 2 aliphatic heterocycles. The number of hydrogen-bond acceptors (Lipinski definition) is 3. The van der Waals surface area contributed by atoms with Gasteiger partial charge in [0.2, 0.25) is 6.79 Å². The lowest BCUT2D eigenvalue weighted by Gasteiger charge is -2.23. The fourth-order valence-electron chi connectivity index (χ4n) is 3.04. The zero-order chi connectivity index (χ0) is 15.6. The van der Waals surface area contributed by atoms with E-state index in [0.29, 0.717) is 12.2 Å². The molecular formula is C17H25N3O2. The molecular weight excluding hydrogens is 278 g/mol. The third-order valence-electron chi connectivity index (χ3n) is 4.32. The number of likely N-dealkylation sites (tertiary alicyclic amines) is 1. The maximum Gasteiger partial charge on any atom is 0.231 e. The first-order valence-corrected chi connectivity index (χ1v) is 7.91. The Labute approximate surface area is 132 Å². The van der Waals surface area contributed by atoms with E-state index in [0.717, 1.165) is 43.5 Å². The van der Waals surface area contributed by atoms with Crippen molar-refractivity contribution in [2.24, 2.45) is 10.4 Å². The molecule has 5 heteroatoms. The van der Waals surface area contributed by atoms with Crippen LogP contribution in [0.15, 0.2) is 23.2 Å². The molecule has 0 atom stereocenters. The molecule has 1 aromatic carbocycles. The van der Waals surface area contributed by atoms with Crippen LogP contribution >= 0.6 is 0 Å². The molecule has 0 aliphatic carbocycles. The van der Waals surface area contributed by atoms with Crippen molar-refractivity contribution in [3.05, 3.63) is 23.8 Å². The van der Waals surface area contributed by atoms with Gasteiger partial charge in [0.05, 0.1) is 0 Å². The number of benzene rings is 1. The zero-order valence-electron chi connectivity index (χ0n) is 13.7. The van der Waals surface area contributed by atoms with Gasteiger partial charge in [-0.05, 0) is 36.0 Å². The van der Waals surface area contributed by atoms with E-state index in [1.54, 1.807) is 0 Å². The first-order valence-electron chi connectivity index (χ1n) is 7.91. The Morgan fingerprint density at radius 1 is 1.32 bits per heavy atom. The third-order valence-corrected chi connectivity index (χ3v) is 4.32. The molecule has 22 heavy (non-hydrogen) atoms. The monoisotopic (exact) mass is 303 g/mol. The van der Waals surface area contributed by atoms with Crippen molar-refractivity contribution >= 4 is 5.96 Å². The maximum absolute atomic E-state index is 5.42. The van der Waals surface area contributed by atoms with Crippen LogP contribution in [0, 0.1) is 5.41 Å². The van der Waals surface area contributed by atoms with Crippen LogP contribution in [0.5, 0.6) is 11.5 Å². The molecule has 5 nitrogen and oxygen atoms in total. The molecule has 1 fully saturated rings. The standard InChI is InChI=1S/C17H25N3O2/c1-17(2)7-9-20(11-17)16(18-3)19-8-6-13-4-5-14-15(10-13)22-12-21-14/h4-5,10H,6-9,11-12H2,1-3H3,(H,18,19). The molecule has 2 heterocycles. The van der Waals surface area contributed by atoms with Gasteiger partial charge in [-0.25, -0.2) is 0 Å². The normalized spacial score (nSPS) is 19.6. The summed E-state index contributed by atoms with van der Waals surface area (Å²) < 4.78 is 10.8. The van der Waals surface area contributed by atoms with Crippen molar-refractivity contribution in [1.29, 1.82) is 0 Å². The Morgan fingerprint density at radius 2 is 2.14 bits per heavy atom. The van der Waals surface area contributed by atoms with Gasteiger partial charge in [0, 0.05) is 26.7 Å². The summed E-state index contributed by atoms with van der Waals surface area (Å²) in [7, 11) is 1.86. The van der Waals surface area contributed by atoms with E-state index in [9.17, 15) is 0 Å². The van der Waals surface area contributed by atoms with Gasteiger partial charge in [0.1, 0.15) is 0 Å². The highest BCUT2D eigenvalue weighted by Crippen LogP contribution is 2.32. The lowest BCUT2D eigenvalue weighted by Crippen LogP contribution is -2.41. The SMILES string of the molecule is CN=C(NCCc1ccc2c(c1)OCO2)N1CCC(C)(C)C1. The van der Waals surface area contributed by atoms with E-state index in [2.05, 4.69) is 41.2 Å². The molecule has 1 N–H and O–H groups in total. The summed E-state index contributed by atoms with van der Waals surface area (Å²) in [5, 5.41) is 3.47. The predicted molar refractivity (Wildman–Crippen MR) is 87.6 cm³/mol. The van der Waals surface area contributed by atoms with Crippen LogP contribution in [0.2, 0.25) is 0 Å². The smallest absolute Gasteiger partial charge is 0.231 e. The van der Waals surface area contributed by atoms with Crippen molar-refractivity contribution < 1.29 is 9.47 Å². The fourth-order valence-corrected chi connectivity index (χ4v) is 3.04. The quantitative estimate of drug-likeness (QED) is 0.687. The number of guanidine groups is 1. The second-order valence-corrected chi connectivity index (χ2v) is 6.75. The first-order chi connectivity index (χ1) is 10.6. The molecule has 3 rings (SSSR count). The molecule has 0 amide bonds. The van der Waals surface area contributed by atoms with E-state index in [4.69, 9.17) is 9.47 Å². The maximum atomic E-state index is 5.42. The number of rotatable bonds is 3. The number of aliphatic imine (C=N–C) groups is 1. The molecule has 120 valence electrons. The van der Waals surface area contributed by atoms with Gasteiger partial charge in [0.15, 0.2) is 17.5 Å². The second kappa shape index (κ2) is 6.07. The Hall–Kier alpha value is -1.91. The van der Waals surface area contributed by atoms with Crippen molar-refractivity contribution in [2.45, 2.75) is 26.7 Å². The van der Waals surface area contributed by atoms with Crippen LogP contribution in [-0.2, 0) is 6.42 Å². The highest BCUT2D eigenvalue weighted by Gasteiger charge is 2.30. The Bertz CT molecular complexity index is 569. The molecule has 1 saturated heterocycles. The van der Waals surface area contributed by atoms with E-state index in [1.165, 1.54) is 12.0 Å². The minimum atomic E-state index is 0.328. The number of nitrogens with zero attached hydrogens (tertiary/aromatic N) is 2. The van der Waals surface area contributed by atoms with Gasteiger partial charge < -0.3 is 19.7 Å². The Balaban J connectivity index is 1.52. The summed E-state index contributed by atoms with van der Waals surface area (Å²) in [6.45, 7) is 7.96. The average molecular weight is 303 g/mol. The van der Waals surface area contributed by atoms with Gasteiger partial charge in [-0.3, -0.25) is 4.99 Å². The first kappa shape index (κ1) is 15.0. The van der Waals surface area contributed by atoms with Crippen LogP contribution < -0.4 is 14.8 Å². The number of hydrogen-bond donors (Lipinski definition) is 1. The van der Waals surface area contributed by atoms with Gasteiger partial charge in [-0.2, -0.15) is 0 Å². The summed E-state index contributed by atoms with van der Waals surface area (Å²) in [5.41, 5.74) is 1.63. The topological polar surface area (TPSA) is 46.1 Å². The van der Waals surface area contributed by atoms with Crippen molar-refractivity contribution in [1.82, 2.24) is 10.2 Å². The van der Waals surface area contributed by atoms with E-state index >= 15 is 0 Å². The highest BCUT2D eigenvalue weighted by molar-refractivity contribution is 5.80. The second-order valence-electron chi connectivity index (χ2n) is 6.75. The summed E-state index contributed by atoms with van der Waals surface area (Å²) in [5.74, 6) is 2.70. The number of fused-ring (bicyclic) bond motifs is 1. The van der Waals surface area contributed by atoms with Crippen molar-refractivity contribution in [3.63, 3.8) is 0 Å². The van der Waals surface area contributed by atoms with Crippen LogP contribution in [0.4, 0.5) is 0 Å². The van der Waals surface area contributed by atoms with E-state index in [1.807, 2.05) is 13.1 Å². The fraction of sp³-hybridized carbons (Fsp3) is 0.588. The molecule has 1 aromatic rings. The minimum Gasteiger partial charge on any atom is -0.454 e. The summed E-state index contributed by atoms with van der Waals surface area (Å²) in [6, 6.07) is 6.14. The zero-order valence-corrected chi connectivity index (χ0v) is 13.7. The molecule has 0 spiro atoms. The van der Waals surface area contributed by atoms with Crippen molar-refractivity contribution in [3.8, 4) is 11.5 Å². The molecule has 2 aliphatic rings. The molecule has 0 bridgehead atoms. The predicted octanol–water partition coefficient (Wildman–Crippen LogP) is 2.27. The Kier molecular flexibility index (Phi) is 4.14. The van der Waals surface area contributed by atoms with E-state index < -0.39 is 0 Å². The molecule has 0 saturated carbocycles. The number of ether oxygens (including phenoxy) is 2. The lowest BCUT2D eigenvalue weighted by molar-refractivity contribution is 0.174. The van der Waals surface area contributed by atoms with Crippen LogP contribution in [-0.4, -0.2) is 44.3 Å². The van der Waals surface area contributed by atoms with Crippen molar-refractivity contribution in [2.75, 3.05) is 33.5 Å². The van der Waals surface area contributed by atoms with E-state index in [-0.39, 0.29) is 0 Å². The van der Waals surface area contributed by atoms with Crippen LogP contribution in [0.1, 0.15) is 25.8 Å². The van der Waals surface area contributed by atoms with Gasteiger partial charge in [-0.15, -0.1) is 0 Å². The summed E-state index contributed by atoms with van der Waals surface area (Å²) >= 11 is 0. The van der Waals surface area contributed by atoms with Gasteiger partial charge in [0.25, 0.3) is 0 Å². The Morgan fingerprint density at radius 3 is 2.86 bits per heavy atom. The third kappa shape index (κ3) is 3.29. The lowest BCUT2D eigenvalue weighted by atomic mass is 9.93. The number of nitrogens with one attached hydrogen (secondary N) is 1. The minimum absolute atomic E-state index is 0.328. The summed E-state index contributed by atoms with van der Waals surface area (Å²) in [4.78, 5) is 6.76. The highest BCUT2D eigenvalue weighted by atomic mass is 16.7.